The molecular formula is C9H16O. The van der Waals surface area contributed by atoms with Gasteiger partial charge >= 0.3 is 0 Å². The predicted molar refractivity (Wildman–Crippen MR) is 40.5 cm³/mol. The molecule has 0 radical (unpaired) electrons. The number of fused-ring (bicyclic) bond motifs is 2. The first kappa shape index (κ1) is 6.66. The molecule has 2 aliphatic carbocycles. The SMILES string of the molecule is CC1C(O)[C@H]2C[C@@H]1CC2C. The summed E-state index contributed by atoms with van der Waals surface area (Å²) in [5.74, 6) is 2.85. The molecule has 2 bridgehead atoms. The van der Waals surface area contributed by atoms with Crippen molar-refractivity contribution in [3.05, 3.63) is 0 Å². The number of aliphatic hydroxyl groups is 1. The third-order valence-electron chi connectivity index (χ3n) is 3.70. The van der Waals surface area contributed by atoms with Crippen molar-refractivity contribution < 1.29 is 5.11 Å². The summed E-state index contributed by atoms with van der Waals surface area (Å²) in [6.45, 7) is 4.47. The van der Waals surface area contributed by atoms with Crippen LogP contribution in [-0.2, 0) is 0 Å². The highest BCUT2D eigenvalue weighted by atomic mass is 16.3. The topological polar surface area (TPSA) is 20.2 Å². The van der Waals surface area contributed by atoms with Crippen LogP contribution in [0.15, 0.2) is 0 Å². The van der Waals surface area contributed by atoms with Crippen LogP contribution < -0.4 is 0 Å². The molecule has 5 atom stereocenters. The highest BCUT2D eigenvalue weighted by molar-refractivity contribution is 4.97. The van der Waals surface area contributed by atoms with Crippen molar-refractivity contribution in [2.75, 3.05) is 0 Å². The second-order valence-electron chi connectivity index (χ2n) is 4.22. The van der Waals surface area contributed by atoms with E-state index in [-0.39, 0.29) is 6.10 Å². The Morgan fingerprint density at radius 2 is 1.90 bits per heavy atom. The molecule has 1 heteroatoms. The lowest BCUT2D eigenvalue weighted by Gasteiger charge is -2.28. The molecule has 2 fully saturated rings. The van der Waals surface area contributed by atoms with Gasteiger partial charge in [-0.05, 0) is 36.5 Å². The zero-order valence-electron chi connectivity index (χ0n) is 6.75. The van der Waals surface area contributed by atoms with Gasteiger partial charge < -0.3 is 5.11 Å². The van der Waals surface area contributed by atoms with Crippen LogP contribution in [0.25, 0.3) is 0 Å². The molecule has 2 saturated carbocycles. The molecule has 0 aliphatic heterocycles. The van der Waals surface area contributed by atoms with E-state index in [2.05, 4.69) is 13.8 Å². The van der Waals surface area contributed by atoms with Crippen LogP contribution in [-0.4, -0.2) is 11.2 Å². The minimum Gasteiger partial charge on any atom is -0.393 e. The molecule has 3 unspecified atom stereocenters. The van der Waals surface area contributed by atoms with Gasteiger partial charge in [-0.2, -0.15) is 0 Å². The van der Waals surface area contributed by atoms with Crippen LogP contribution >= 0.6 is 0 Å². The average molecular weight is 140 g/mol. The van der Waals surface area contributed by atoms with Gasteiger partial charge in [-0.25, -0.2) is 0 Å². The zero-order chi connectivity index (χ0) is 7.30. The second-order valence-corrected chi connectivity index (χ2v) is 4.22. The standard InChI is InChI=1S/C9H16O/c1-5-3-7-4-8(5)9(10)6(7)2/h5-10H,3-4H2,1-2H3/t5?,6?,7-,8-,9?/m0/s1. The van der Waals surface area contributed by atoms with Gasteiger partial charge in [0, 0.05) is 0 Å². The summed E-state index contributed by atoms with van der Waals surface area (Å²) in [5, 5.41) is 9.66. The van der Waals surface area contributed by atoms with E-state index in [1.54, 1.807) is 0 Å². The number of aliphatic hydroxyl groups excluding tert-OH is 1. The molecule has 0 saturated heterocycles. The molecule has 1 nitrogen and oxygen atoms in total. The summed E-state index contributed by atoms with van der Waals surface area (Å²) >= 11 is 0. The van der Waals surface area contributed by atoms with Crippen molar-refractivity contribution in [3.63, 3.8) is 0 Å². The van der Waals surface area contributed by atoms with E-state index in [9.17, 15) is 5.11 Å². The second kappa shape index (κ2) is 1.97. The van der Waals surface area contributed by atoms with Gasteiger partial charge in [-0.1, -0.05) is 13.8 Å². The first-order chi connectivity index (χ1) is 4.70. The highest BCUT2D eigenvalue weighted by Crippen LogP contribution is 2.51. The van der Waals surface area contributed by atoms with E-state index in [1.807, 2.05) is 0 Å². The van der Waals surface area contributed by atoms with Crippen LogP contribution in [0.4, 0.5) is 0 Å². The summed E-state index contributed by atoms with van der Waals surface area (Å²) in [4.78, 5) is 0. The third-order valence-corrected chi connectivity index (χ3v) is 3.70. The summed E-state index contributed by atoms with van der Waals surface area (Å²) < 4.78 is 0. The van der Waals surface area contributed by atoms with Crippen LogP contribution in [0.1, 0.15) is 26.7 Å². The molecule has 0 spiro atoms. The molecule has 1 N–H and O–H groups in total. The van der Waals surface area contributed by atoms with E-state index in [0.717, 1.165) is 11.8 Å². The van der Waals surface area contributed by atoms with Crippen LogP contribution in [0.5, 0.6) is 0 Å². The number of hydrogen-bond acceptors (Lipinski definition) is 1. The fraction of sp³-hybridized carbons (Fsp3) is 1.00. The largest absolute Gasteiger partial charge is 0.393 e. The summed E-state index contributed by atoms with van der Waals surface area (Å²) in [6.07, 6.45) is 2.68. The lowest BCUT2D eigenvalue weighted by Crippen LogP contribution is -2.29. The summed E-state index contributed by atoms with van der Waals surface area (Å²) in [7, 11) is 0. The van der Waals surface area contributed by atoms with Crippen molar-refractivity contribution in [1.82, 2.24) is 0 Å². The minimum atomic E-state index is 0.0220. The first-order valence-electron chi connectivity index (χ1n) is 4.38. The van der Waals surface area contributed by atoms with E-state index in [0.29, 0.717) is 11.8 Å². The van der Waals surface area contributed by atoms with Crippen molar-refractivity contribution >= 4 is 0 Å². The molecule has 10 heavy (non-hydrogen) atoms. The smallest absolute Gasteiger partial charge is 0.0599 e. The first-order valence-corrected chi connectivity index (χ1v) is 4.38. The van der Waals surface area contributed by atoms with Crippen molar-refractivity contribution in [3.8, 4) is 0 Å². The maximum Gasteiger partial charge on any atom is 0.0599 e. The Balaban J connectivity index is 2.16. The number of rotatable bonds is 0. The van der Waals surface area contributed by atoms with Crippen molar-refractivity contribution in [2.24, 2.45) is 23.7 Å². The molecule has 0 heterocycles. The van der Waals surface area contributed by atoms with E-state index in [1.165, 1.54) is 12.8 Å². The minimum absolute atomic E-state index is 0.0220. The van der Waals surface area contributed by atoms with Crippen LogP contribution in [0.3, 0.4) is 0 Å². The Morgan fingerprint density at radius 3 is 2.30 bits per heavy atom. The van der Waals surface area contributed by atoms with E-state index in [4.69, 9.17) is 0 Å². The molecule has 0 amide bonds. The van der Waals surface area contributed by atoms with Crippen molar-refractivity contribution in [2.45, 2.75) is 32.8 Å². The van der Waals surface area contributed by atoms with Crippen LogP contribution in [0.2, 0.25) is 0 Å². The predicted octanol–water partition coefficient (Wildman–Crippen LogP) is 1.66. The Kier molecular flexibility index (Phi) is 1.31. The molecule has 0 aromatic carbocycles. The quantitative estimate of drug-likeness (QED) is 0.542. The Labute approximate surface area is 62.4 Å². The maximum absolute atomic E-state index is 9.66. The summed E-state index contributed by atoms with van der Waals surface area (Å²) in [6, 6.07) is 0. The lowest BCUT2D eigenvalue weighted by atomic mass is 9.82. The Morgan fingerprint density at radius 1 is 1.20 bits per heavy atom. The lowest BCUT2D eigenvalue weighted by molar-refractivity contribution is 0.0438. The monoisotopic (exact) mass is 140 g/mol. The Bertz CT molecular complexity index is 142. The van der Waals surface area contributed by atoms with E-state index < -0.39 is 0 Å². The molecule has 2 rings (SSSR count). The van der Waals surface area contributed by atoms with Gasteiger partial charge in [0.25, 0.3) is 0 Å². The maximum atomic E-state index is 9.66. The molecule has 58 valence electrons. The van der Waals surface area contributed by atoms with Gasteiger partial charge in [0.05, 0.1) is 6.10 Å². The van der Waals surface area contributed by atoms with E-state index >= 15 is 0 Å². The Hall–Kier alpha value is -0.0400. The normalized spacial score (nSPS) is 59.7. The fourth-order valence-electron chi connectivity index (χ4n) is 2.90. The third kappa shape index (κ3) is 0.672. The van der Waals surface area contributed by atoms with Gasteiger partial charge in [0.15, 0.2) is 0 Å². The highest BCUT2D eigenvalue weighted by Gasteiger charge is 2.48. The molecular weight excluding hydrogens is 124 g/mol. The van der Waals surface area contributed by atoms with Gasteiger partial charge in [0.1, 0.15) is 0 Å². The number of hydrogen-bond donors (Lipinski definition) is 1. The van der Waals surface area contributed by atoms with Gasteiger partial charge in [-0.15, -0.1) is 0 Å². The molecule has 0 aromatic heterocycles. The van der Waals surface area contributed by atoms with Crippen molar-refractivity contribution in [1.29, 1.82) is 0 Å². The molecule has 2 aliphatic rings. The van der Waals surface area contributed by atoms with Gasteiger partial charge in [-0.3, -0.25) is 0 Å². The zero-order valence-corrected chi connectivity index (χ0v) is 6.75. The summed E-state index contributed by atoms with van der Waals surface area (Å²) in [5.41, 5.74) is 0. The van der Waals surface area contributed by atoms with Gasteiger partial charge in [0.2, 0.25) is 0 Å². The molecule has 0 aromatic rings. The average Bonchev–Trinajstić information content (AvgIpc) is 2.36. The fourth-order valence-corrected chi connectivity index (χ4v) is 2.90. The van der Waals surface area contributed by atoms with Crippen LogP contribution in [0, 0.1) is 23.7 Å².